The van der Waals surface area contributed by atoms with Gasteiger partial charge in [-0.15, -0.1) is 0 Å². The van der Waals surface area contributed by atoms with Crippen LogP contribution in [0.15, 0.2) is 60.7 Å². The zero-order valence-corrected chi connectivity index (χ0v) is 9.34. The third-order valence-electron chi connectivity index (χ3n) is 2.45. The lowest BCUT2D eigenvalue weighted by molar-refractivity contribution is 0.104. The minimum Gasteiger partial charge on any atom is -0.398 e. The molecule has 0 amide bonds. The van der Waals surface area contributed by atoms with Crippen molar-refractivity contribution in [3.63, 3.8) is 0 Å². The SMILES string of the molecule is Nc1ccccc1C(=O)C=Cc1ccccc1. The van der Waals surface area contributed by atoms with Gasteiger partial charge in [0.25, 0.3) is 0 Å². The summed E-state index contributed by atoms with van der Waals surface area (Å²) in [5.74, 6) is -0.0769. The molecule has 0 radical (unpaired) electrons. The largest absolute Gasteiger partial charge is 0.398 e. The van der Waals surface area contributed by atoms with Crippen molar-refractivity contribution in [3.8, 4) is 0 Å². The maximum Gasteiger partial charge on any atom is 0.187 e. The molecule has 0 spiro atoms. The first-order chi connectivity index (χ1) is 8.27. The maximum absolute atomic E-state index is 11.9. The first-order valence-electron chi connectivity index (χ1n) is 5.39. The predicted molar refractivity (Wildman–Crippen MR) is 70.7 cm³/mol. The first kappa shape index (κ1) is 11.1. The van der Waals surface area contributed by atoms with E-state index >= 15 is 0 Å². The van der Waals surface area contributed by atoms with Crippen LogP contribution in [0.3, 0.4) is 0 Å². The minimum atomic E-state index is -0.0769. The number of hydrogen-bond acceptors (Lipinski definition) is 2. The summed E-state index contributed by atoms with van der Waals surface area (Å²) < 4.78 is 0. The highest BCUT2D eigenvalue weighted by Crippen LogP contribution is 2.12. The molecule has 2 aromatic carbocycles. The Bertz CT molecular complexity index is 544. The zero-order valence-electron chi connectivity index (χ0n) is 9.34. The molecule has 0 aliphatic carbocycles. The molecule has 17 heavy (non-hydrogen) atoms. The van der Waals surface area contributed by atoms with Gasteiger partial charge in [-0.25, -0.2) is 0 Å². The van der Waals surface area contributed by atoms with Crippen molar-refractivity contribution in [2.45, 2.75) is 0 Å². The number of para-hydroxylation sites is 1. The molecule has 0 aromatic heterocycles. The molecule has 0 aliphatic heterocycles. The van der Waals surface area contributed by atoms with Crippen LogP contribution in [0.4, 0.5) is 5.69 Å². The predicted octanol–water partition coefficient (Wildman–Crippen LogP) is 3.16. The molecule has 2 heteroatoms. The fourth-order valence-electron chi connectivity index (χ4n) is 1.55. The summed E-state index contributed by atoms with van der Waals surface area (Å²) in [6.07, 6.45) is 3.33. The second-order valence-electron chi connectivity index (χ2n) is 3.70. The summed E-state index contributed by atoms with van der Waals surface area (Å²) in [5.41, 5.74) is 7.78. The number of anilines is 1. The van der Waals surface area contributed by atoms with Crippen LogP contribution in [0, 0.1) is 0 Å². The number of nitrogens with two attached hydrogens (primary N) is 1. The number of benzene rings is 2. The Balaban J connectivity index is 2.18. The number of hydrogen-bond donors (Lipinski definition) is 1. The Kier molecular flexibility index (Phi) is 3.36. The topological polar surface area (TPSA) is 43.1 Å². The van der Waals surface area contributed by atoms with Crippen LogP contribution in [0.25, 0.3) is 6.08 Å². The van der Waals surface area contributed by atoms with E-state index in [-0.39, 0.29) is 5.78 Å². The first-order valence-corrected chi connectivity index (χ1v) is 5.39. The third kappa shape index (κ3) is 2.82. The van der Waals surface area contributed by atoms with Gasteiger partial charge in [0.1, 0.15) is 0 Å². The number of allylic oxidation sites excluding steroid dienone is 1. The highest BCUT2D eigenvalue weighted by Gasteiger charge is 2.04. The van der Waals surface area contributed by atoms with Gasteiger partial charge in [0.15, 0.2) is 5.78 Å². The van der Waals surface area contributed by atoms with Gasteiger partial charge in [0.05, 0.1) is 0 Å². The molecule has 2 aromatic rings. The summed E-state index contributed by atoms with van der Waals surface area (Å²) in [6, 6.07) is 16.8. The summed E-state index contributed by atoms with van der Waals surface area (Å²) in [6.45, 7) is 0. The number of rotatable bonds is 3. The van der Waals surface area contributed by atoms with Gasteiger partial charge < -0.3 is 5.73 Å². The minimum absolute atomic E-state index is 0.0769. The van der Waals surface area contributed by atoms with E-state index in [1.54, 1.807) is 30.4 Å². The van der Waals surface area contributed by atoms with Crippen LogP contribution in [0.2, 0.25) is 0 Å². The van der Waals surface area contributed by atoms with E-state index in [0.29, 0.717) is 11.3 Å². The lowest BCUT2D eigenvalue weighted by Crippen LogP contribution is -1.99. The van der Waals surface area contributed by atoms with E-state index in [2.05, 4.69) is 0 Å². The highest BCUT2D eigenvalue weighted by atomic mass is 16.1. The summed E-state index contributed by atoms with van der Waals surface area (Å²) in [5, 5.41) is 0. The molecule has 0 fully saturated rings. The molecule has 0 unspecified atom stereocenters. The van der Waals surface area contributed by atoms with Gasteiger partial charge >= 0.3 is 0 Å². The van der Waals surface area contributed by atoms with Gasteiger partial charge in [-0.3, -0.25) is 4.79 Å². The third-order valence-corrected chi connectivity index (χ3v) is 2.45. The molecule has 84 valence electrons. The number of ketones is 1. The van der Waals surface area contributed by atoms with Crippen LogP contribution in [0.1, 0.15) is 15.9 Å². The van der Waals surface area contributed by atoms with Gasteiger partial charge in [-0.1, -0.05) is 48.5 Å². The monoisotopic (exact) mass is 223 g/mol. The molecular formula is C15H13NO. The summed E-state index contributed by atoms with van der Waals surface area (Å²) in [4.78, 5) is 11.9. The lowest BCUT2D eigenvalue weighted by atomic mass is 10.1. The number of carbonyl (C=O) groups excluding carboxylic acids is 1. The van der Waals surface area contributed by atoms with Crippen LogP contribution in [-0.2, 0) is 0 Å². The molecule has 2 nitrogen and oxygen atoms in total. The molecule has 0 saturated carbocycles. The average molecular weight is 223 g/mol. The highest BCUT2D eigenvalue weighted by molar-refractivity contribution is 6.10. The fourth-order valence-corrected chi connectivity index (χ4v) is 1.55. The second kappa shape index (κ2) is 5.12. The molecule has 0 heterocycles. The second-order valence-corrected chi connectivity index (χ2v) is 3.70. The van der Waals surface area contributed by atoms with Crippen molar-refractivity contribution in [2.75, 3.05) is 5.73 Å². The molecule has 2 N–H and O–H groups in total. The standard InChI is InChI=1S/C15H13NO/c16-14-9-5-4-8-13(14)15(17)11-10-12-6-2-1-3-7-12/h1-11H,16H2. The van der Waals surface area contributed by atoms with Crippen LogP contribution < -0.4 is 5.73 Å². The molecular weight excluding hydrogens is 210 g/mol. The van der Waals surface area contributed by atoms with Crippen LogP contribution >= 0.6 is 0 Å². The quantitative estimate of drug-likeness (QED) is 0.493. The number of nitrogen functional groups attached to an aromatic ring is 1. The van der Waals surface area contributed by atoms with Crippen molar-refractivity contribution in [3.05, 3.63) is 71.8 Å². The molecule has 0 bridgehead atoms. The van der Waals surface area contributed by atoms with Gasteiger partial charge in [-0.2, -0.15) is 0 Å². The maximum atomic E-state index is 11.9. The van der Waals surface area contributed by atoms with Crippen molar-refractivity contribution in [1.82, 2.24) is 0 Å². The summed E-state index contributed by atoms with van der Waals surface area (Å²) >= 11 is 0. The Hall–Kier alpha value is -2.35. The van der Waals surface area contributed by atoms with Crippen molar-refractivity contribution >= 4 is 17.5 Å². The van der Waals surface area contributed by atoms with E-state index < -0.39 is 0 Å². The Morgan fingerprint density at radius 1 is 0.941 bits per heavy atom. The Labute approximate surface area is 100 Å². The summed E-state index contributed by atoms with van der Waals surface area (Å²) in [7, 11) is 0. The molecule has 0 atom stereocenters. The van der Waals surface area contributed by atoms with Crippen molar-refractivity contribution in [1.29, 1.82) is 0 Å². The fraction of sp³-hybridized carbons (Fsp3) is 0. The molecule has 0 aliphatic rings. The van der Waals surface area contributed by atoms with E-state index in [4.69, 9.17) is 5.73 Å². The van der Waals surface area contributed by atoms with Crippen molar-refractivity contribution < 1.29 is 4.79 Å². The smallest absolute Gasteiger partial charge is 0.187 e. The van der Waals surface area contributed by atoms with Crippen LogP contribution in [0.5, 0.6) is 0 Å². The Morgan fingerprint density at radius 2 is 1.59 bits per heavy atom. The molecule has 2 rings (SSSR count). The van der Waals surface area contributed by atoms with Gasteiger partial charge in [-0.05, 0) is 23.8 Å². The Morgan fingerprint density at radius 3 is 2.29 bits per heavy atom. The number of carbonyl (C=O) groups is 1. The normalized spacial score (nSPS) is 10.6. The molecule has 0 saturated heterocycles. The zero-order chi connectivity index (χ0) is 12.1. The van der Waals surface area contributed by atoms with E-state index in [9.17, 15) is 4.79 Å². The van der Waals surface area contributed by atoms with Crippen molar-refractivity contribution in [2.24, 2.45) is 0 Å². The van der Waals surface area contributed by atoms with Gasteiger partial charge in [0, 0.05) is 11.3 Å². The van der Waals surface area contributed by atoms with E-state index in [1.807, 2.05) is 36.4 Å². The van der Waals surface area contributed by atoms with E-state index in [0.717, 1.165) is 5.56 Å². The van der Waals surface area contributed by atoms with Crippen LogP contribution in [-0.4, -0.2) is 5.78 Å². The van der Waals surface area contributed by atoms with Gasteiger partial charge in [0.2, 0.25) is 0 Å². The lowest BCUT2D eigenvalue weighted by Gasteiger charge is -2.00. The average Bonchev–Trinajstić information content (AvgIpc) is 2.38. The van der Waals surface area contributed by atoms with E-state index in [1.165, 1.54) is 0 Å².